The fourth-order valence-electron chi connectivity index (χ4n) is 2.46. The molecule has 96 valence electrons. The van der Waals surface area contributed by atoms with Crippen molar-refractivity contribution in [3.8, 4) is 11.5 Å². The average Bonchev–Trinajstić information content (AvgIpc) is 3.15. The molecule has 2 aliphatic rings. The monoisotopic (exact) mass is 268 g/mol. The van der Waals surface area contributed by atoms with E-state index in [0.717, 1.165) is 11.1 Å². The van der Waals surface area contributed by atoms with Gasteiger partial charge in [0.15, 0.2) is 11.5 Å². The highest BCUT2D eigenvalue weighted by Crippen LogP contribution is 2.53. The first-order chi connectivity index (χ1) is 8.56. The van der Waals surface area contributed by atoms with E-state index < -0.39 is 11.4 Å². The van der Waals surface area contributed by atoms with Crippen LogP contribution >= 0.6 is 11.6 Å². The van der Waals surface area contributed by atoms with Crippen LogP contribution in [-0.4, -0.2) is 24.3 Å². The van der Waals surface area contributed by atoms with Gasteiger partial charge >= 0.3 is 5.97 Å². The van der Waals surface area contributed by atoms with E-state index in [0.29, 0.717) is 42.6 Å². The van der Waals surface area contributed by atoms with Crippen LogP contribution < -0.4 is 9.47 Å². The topological polar surface area (TPSA) is 55.8 Å². The Morgan fingerprint density at radius 3 is 2.67 bits per heavy atom. The van der Waals surface area contributed by atoms with Gasteiger partial charge in [0.1, 0.15) is 13.2 Å². The molecular weight excluding hydrogens is 256 g/mol. The first-order valence-corrected chi connectivity index (χ1v) is 6.26. The van der Waals surface area contributed by atoms with Crippen LogP contribution in [0, 0.1) is 6.92 Å². The summed E-state index contributed by atoms with van der Waals surface area (Å²) >= 11 is 6.26. The first-order valence-electron chi connectivity index (χ1n) is 5.89. The van der Waals surface area contributed by atoms with Crippen molar-refractivity contribution in [3.63, 3.8) is 0 Å². The second-order valence-corrected chi connectivity index (χ2v) is 5.15. The normalized spacial score (nSPS) is 19.4. The Labute approximate surface area is 109 Å². The summed E-state index contributed by atoms with van der Waals surface area (Å²) in [6, 6.07) is 1.77. The Hall–Kier alpha value is -1.42. The summed E-state index contributed by atoms with van der Waals surface area (Å²) in [4.78, 5) is 11.4. The lowest BCUT2D eigenvalue weighted by Crippen LogP contribution is -2.22. The summed E-state index contributed by atoms with van der Waals surface area (Å²) in [5.41, 5.74) is 0.758. The third kappa shape index (κ3) is 1.48. The van der Waals surface area contributed by atoms with E-state index in [1.165, 1.54) is 0 Å². The summed E-state index contributed by atoms with van der Waals surface area (Å²) in [7, 11) is 0. The molecule has 18 heavy (non-hydrogen) atoms. The van der Waals surface area contributed by atoms with Crippen molar-refractivity contribution >= 4 is 17.6 Å². The zero-order valence-corrected chi connectivity index (χ0v) is 10.7. The number of halogens is 1. The number of carboxylic acids is 1. The zero-order chi connectivity index (χ0) is 12.9. The Bertz CT molecular complexity index is 534. The second-order valence-electron chi connectivity index (χ2n) is 4.77. The lowest BCUT2D eigenvalue weighted by atomic mass is 9.91. The van der Waals surface area contributed by atoms with Crippen LogP contribution in [0.3, 0.4) is 0 Å². The van der Waals surface area contributed by atoms with Gasteiger partial charge in [-0.15, -0.1) is 0 Å². The van der Waals surface area contributed by atoms with Crippen molar-refractivity contribution in [2.75, 3.05) is 13.2 Å². The molecule has 0 saturated heterocycles. The minimum atomic E-state index is -0.793. The van der Waals surface area contributed by atoms with Crippen molar-refractivity contribution in [1.29, 1.82) is 0 Å². The van der Waals surface area contributed by atoms with Gasteiger partial charge in [0, 0.05) is 0 Å². The van der Waals surface area contributed by atoms with E-state index in [9.17, 15) is 9.90 Å². The maximum Gasteiger partial charge on any atom is 0.314 e. The van der Waals surface area contributed by atoms with Gasteiger partial charge in [0.05, 0.1) is 10.4 Å². The quantitative estimate of drug-likeness (QED) is 0.896. The summed E-state index contributed by atoms with van der Waals surface area (Å²) in [5.74, 6) is 0.295. The third-order valence-corrected chi connectivity index (χ3v) is 4.15. The maximum atomic E-state index is 11.4. The molecule has 1 saturated carbocycles. The lowest BCUT2D eigenvalue weighted by Gasteiger charge is -2.24. The molecule has 1 aromatic rings. The second kappa shape index (κ2) is 3.79. The number of aliphatic carboxylic acids is 1. The van der Waals surface area contributed by atoms with E-state index in [-0.39, 0.29) is 0 Å². The molecule has 0 aromatic heterocycles. The van der Waals surface area contributed by atoms with Crippen LogP contribution in [0.1, 0.15) is 24.0 Å². The van der Waals surface area contributed by atoms with Gasteiger partial charge in [-0.05, 0) is 37.0 Å². The minimum Gasteiger partial charge on any atom is -0.486 e. The van der Waals surface area contributed by atoms with Crippen molar-refractivity contribution in [1.82, 2.24) is 0 Å². The van der Waals surface area contributed by atoms with Crippen LogP contribution in [0.25, 0.3) is 0 Å². The zero-order valence-electron chi connectivity index (χ0n) is 9.96. The summed E-state index contributed by atoms with van der Waals surface area (Å²) in [6.45, 7) is 2.76. The van der Waals surface area contributed by atoms with E-state index in [2.05, 4.69) is 0 Å². The fraction of sp³-hybridized carbons (Fsp3) is 0.462. The smallest absolute Gasteiger partial charge is 0.314 e. The Morgan fingerprint density at radius 1 is 1.39 bits per heavy atom. The van der Waals surface area contributed by atoms with Gasteiger partial charge in [0.25, 0.3) is 0 Å². The molecule has 1 aliphatic carbocycles. The molecule has 0 unspecified atom stereocenters. The van der Waals surface area contributed by atoms with Crippen molar-refractivity contribution in [2.45, 2.75) is 25.2 Å². The third-order valence-electron chi connectivity index (χ3n) is 3.69. The van der Waals surface area contributed by atoms with E-state index >= 15 is 0 Å². The molecule has 4 nitrogen and oxygen atoms in total. The van der Waals surface area contributed by atoms with Gasteiger partial charge in [-0.1, -0.05) is 11.6 Å². The largest absolute Gasteiger partial charge is 0.486 e. The molecule has 1 aromatic carbocycles. The van der Waals surface area contributed by atoms with Crippen LogP contribution in [-0.2, 0) is 10.2 Å². The molecule has 5 heteroatoms. The number of fused-ring (bicyclic) bond motifs is 1. The van der Waals surface area contributed by atoms with E-state index in [1.807, 2.05) is 6.92 Å². The maximum absolute atomic E-state index is 11.4. The van der Waals surface area contributed by atoms with Crippen molar-refractivity contribution in [2.24, 2.45) is 0 Å². The predicted octanol–water partition coefficient (Wildman–Crippen LogP) is 2.54. The highest BCUT2D eigenvalue weighted by Gasteiger charge is 2.53. The number of hydrogen-bond acceptors (Lipinski definition) is 3. The van der Waals surface area contributed by atoms with Crippen LogP contribution in [0.5, 0.6) is 11.5 Å². The highest BCUT2D eigenvalue weighted by molar-refractivity contribution is 6.33. The highest BCUT2D eigenvalue weighted by atomic mass is 35.5. The van der Waals surface area contributed by atoms with Gasteiger partial charge in [-0.3, -0.25) is 4.79 Å². The van der Waals surface area contributed by atoms with Crippen molar-refractivity contribution in [3.05, 3.63) is 22.2 Å². The Kier molecular flexibility index (Phi) is 2.45. The number of carboxylic acid groups (broad SMARTS) is 1. The average molecular weight is 269 g/mol. The minimum absolute atomic E-state index is 0.464. The number of benzene rings is 1. The Balaban J connectivity index is 2.17. The van der Waals surface area contributed by atoms with Gasteiger partial charge in [-0.2, -0.15) is 0 Å². The number of hydrogen-bond donors (Lipinski definition) is 1. The molecule has 1 aliphatic heterocycles. The summed E-state index contributed by atoms with van der Waals surface area (Å²) < 4.78 is 11.0. The SMILES string of the molecule is Cc1c(C2(C(=O)O)CC2)cc2c(c1Cl)OCCO2. The number of ether oxygens (including phenoxy) is 2. The molecule has 1 heterocycles. The van der Waals surface area contributed by atoms with E-state index in [1.54, 1.807) is 6.07 Å². The van der Waals surface area contributed by atoms with Crippen LogP contribution in [0.15, 0.2) is 6.07 Å². The molecular formula is C13H13ClO4. The fourth-order valence-corrected chi connectivity index (χ4v) is 2.71. The number of rotatable bonds is 2. The standard InChI is InChI=1S/C13H13ClO4/c1-7-8(13(2-3-13)12(15)16)6-9-11(10(7)14)18-5-4-17-9/h6H,2-5H2,1H3,(H,15,16). The molecule has 0 amide bonds. The van der Waals surface area contributed by atoms with Gasteiger partial charge < -0.3 is 14.6 Å². The van der Waals surface area contributed by atoms with Gasteiger partial charge in [0.2, 0.25) is 0 Å². The summed E-state index contributed by atoms with van der Waals surface area (Å²) in [6.07, 6.45) is 1.30. The molecule has 1 N–H and O–H groups in total. The molecule has 1 fully saturated rings. The predicted molar refractivity (Wildman–Crippen MR) is 65.7 cm³/mol. The lowest BCUT2D eigenvalue weighted by molar-refractivity contribution is -0.140. The number of carbonyl (C=O) groups is 1. The van der Waals surface area contributed by atoms with Crippen LogP contribution in [0.4, 0.5) is 0 Å². The molecule has 0 bridgehead atoms. The van der Waals surface area contributed by atoms with Crippen LogP contribution in [0.2, 0.25) is 5.02 Å². The van der Waals surface area contributed by atoms with E-state index in [4.69, 9.17) is 21.1 Å². The Morgan fingerprint density at radius 2 is 2.06 bits per heavy atom. The molecule has 0 atom stereocenters. The molecule has 0 spiro atoms. The van der Waals surface area contributed by atoms with Gasteiger partial charge in [-0.25, -0.2) is 0 Å². The molecule has 3 rings (SSSR count). The first kappa shape index (κ1) is 11.7. The van der Waals surface area contributed by atoms with Crippen molar-refractivity contribution < 1.29 is 19.4 Å². The summed E-state index contributed by atoms with van der Waals surface area (Å²) in [5, 5.41) is 9.83. The molecule has 0 radical (unpaired) electrons.